The minimum Gasteiger partial charge on any atom is -0.326 e. The van der Waals surface area contributed by atoms with Gasteiger partial charge < -0.3 is 10.3 Å². The van der Waals surface area contributed by atoms with Crippen molar-refractivity contribution in [2.24, 2.45) is 0 Å². The Morgan fingerprint density at radius 3 is 2.64 bits per heavy atom. The molecule has 3 N–H and O–H groups in total. The zero-order chi connectivity index (χ0) is 24.5. The maximum atomic E-state index is 12.6. The lowest BCUT2D eigenvalue weighted by Gasteiger charge is -2.05. The molecule has 11 nitrogen and oxygen atoms in total. The highest BCUT2D eigenvalue weighted by Crippen LogP contribution is 2.24. The van der Waals surface area contributed by atoms with Gasteiger partial charge in [-0.15, -0.1) is 0 Å². The van der Waals surface area contributed by atoms with Crippen molar-refractivity contribution in [2.45, 2.75) is 13.3 Å². The first-order chi connectivity index (χ1) is 17.6. The van der Waals surface area contributed by atoms with Gasteiger partial charge in [-0.2, -0.15) is 5.10 Å². The Labute approximate surface area is 204 Å². The van der Waals surface area contributed by atoms with Gasteiger partial charge in [0, 0.05) is 41.1 Å². The van der Waals surface area contributed by atoms with Crippen LogP contribution in [-0.2, 0) is 11.2 Å². The first-order valence-corrected chi connectivity index (χ1v) is 11.2. The number of carbonyl (C=O) groups excluding carboxylic acids is 1. The lowest BCUT2D eigenvalue weighted by Crippen LogP contribution is -2.14. The number of aromatic amines is 2. The smallest absolute Gasteiger partial charge is 0.230 e. The number of nitrogens with zero attached hydrogens (tertiary/aromatic N) is 7. The summed E-state index contributed by atoms with van der Waals surface area (Å²) in [5, 5.41) is 10.1. The van der Waals surface area contributed by atoms with Crippen LogP contribution in [0.5, 0.6) is 0 Å². The van der Waals surface area contributed by atoms with E-state index in [1.807, 2.05) is 60.2 Å². The molecule has 0 aliphatic rings. The summed E-state index contributed by atoms with van der Waals surface area (Å²) in [6.45, 7) is 1.92. The summed E-state index contributed by atoms with van der Waals surface area (Å²) < 4.78 is 1.82. The second-order valence-electron chi connectivity index (χ2n) is 8.22. The fourth-order valence-electron chi connectivity index (χ4n) is 3.89. The summed E-state index contributed by atoms with van der Waals surface area (Å²) in [5.74, 6) is 1.16. The molecular weight excluding hydrogens is 456 g/mol. The summed E-state index contributed by atoms with van der Waals surface area (Å²) in [4.78, 5) is 37.5. The van der Waals surface area contributed by atoms with E-state index >= 15 is 0 Å². The summed E-state index contributed by atoms with van der Waals surface area (Å²) in [6.07, 6.45) is 8.67. The van der Waals surface area contributed by atoms with E-state index < -0.39 is 0 Å². The normalized spacial score (nSPS) is 11.1. The molecule has 0 atom stereocenters. The molecule has 0 saturated heterocycles. The molecule has 0 aliphatic carbocycles. The summed E-state index contributed by atoms with van der Waals surface area (Å²) in [6, 6.07) is 13.1. The molecular formula is C25H20N10O. The van der Waals surface area contributed by atoms with Crippen LogP contribution in [0.3, 0.4) is 0 Å². The number of hydrogen-bond acceptors (Lipinski definition) is 7. The number of pyridine rings is 1. The van der Waals surface area contributed by atoms with Crippen LogP contribution in [-0.4, -0.2) is 50.6 Å². The van der Waals surface area contributed by atoms with Crippen LogP contribution < -0.4 is 5.32 Å². The van der Waals surface area contributed by atoms with Crippen LogP contribution in [0.2, 0.25) is 0 Å². The largest absolute Gasteiger partial charge is 0.326 e. The van der Waals surface area contributed by atoms with E-state index in [1.165, 1.54) is 6.33 Å². The lowest BCUT2D eigenvalue weighted by atomic mass is 10.1. The Morgan fingerprint density at radius 2 is 1.86 bits per heavy atom. The third-order valence-electron chi connectivity index (χ3n) is 5.62. The van der Waals surface area contributed by atoms with Gasteiger partial charge in [0.1, 0.15) is 18.5 Å². The minimum absolute atomic E-state index is 0.146. The molecule has 0 aliphatic heterocycles. The number of hydrogen-bond donors (Lipinski definition) is 3. The Kier molecular flexibility index (Phi) is 5.26. The number of carbonyl (C=O) groups is 1. The lowest BCUT2D eigenvalue weighted by molar-refractivity contribution is -0.115. The van der Waals surface area contributed by atoms with E-state index in [-0.39, 0.29) is 12.3 Å². The molecule has 0 saturated carbocycles. The van der Waals surface area contributed by atoms with Gasteiger partial charge in [-0.05, 0) is 49.4 Å². The topological polar surface area (TPSA) is 143 Å². The van der Waals surface area contributed by atoms with Gasteiger partial charge in [-0.25, -0.2) is 19.9 Å². The highest BCUT2D eigenvalue weighted by molar-refractivity contribution is 5.92. The Hall–Kier alpha value is -5.19. The maximum Gasteiger partial charge on any atom is 0.230 e. The van der Waals surface area contributed by atoms with Gasteiger partial charge in [0.2, 0.25) is 5.91 Å². The zero-order valence-electron chi connectivity index (χ0n) is 19.2. The zero-order valence-corrected chi connectivity index (χ0v) is 19.2. The number of imidazole rings is 2. The monoisotopic (exact) mass is 476 g/mol. The van der Waals surface area contributed by atoms with Gasteiger partial charge >= 0.3 is 0 Å². The SMILES string of the molecule is Cc1cn(-c2ncnc3[nH]c(-c4ccc(NC(=O)Cc5cc(-c6ccncc6)n[nH]5)cc4)nc23)cn1. The fourth-order valence-corrected chi connectivity index (χ4v) is 3.89. The Balaban J connectivity index is 1.16. The minimum atomic E-state index is -0.146. The van der Waals surface area contributed by atoms with Crippen LogP contribution in [0.15, 0.2) is 73.7 Å². The van der Waals surface area contributed by atoms with Crippen molar-refractivity contribution in [3.63, 3.8) is 0 Å². The maximum absolute atomic E-state index is 12.6. The Bertz CT molecular complexity index is 1660. The molecule has 176 valence electrons. The molecule has 5 heterocycles. The number of H-pyrrole nitrogens is 2. The van der Waals surface area contributed by atoms with E-state index in [0.29, 0.717) is 28.5 Å². The average Bonchev–Trinajstić information content (AvgIpc) is 3.64. The van der Waals surface area contributed by atoms with Crippen molar-refractivity contribution >= 4 is 22.8 Å². The van der Waals surface area contributed by atoms with E-state index in [0.717, 1.165) is 28.2 Å². The molecule has 0 fully saturated rings. The number of benzene rings is 1. The van der Waals surface area contributed by atoms with Crippen LogP contribution in [0.25, 0.3) is 39.6 Å². The standard InChI is InChI=1S/C25H20N10O/c1-15-12-35(14-29-15)25-22-24(27-13-28-25)32-23(31-22)17-2-4-18(5-3-17)30-21(36)11-19-10-20(34-33-19)16-6-8-26-9-7-16/h2-10,12-14H,11H2,1H3,(H,30,36)(H,33,34)(H,27,28,31,32). The molecule has 11 heteroatoms. The quantitative estimate of drug-likeness (QED) is 0.334. The van der Waals surface area contributed by atoms with Crippen molar-refractivity contribution in [1.29, 1.82) is 0 Å². The van der Waals surface area contributed by atoms with Crippen LogP contribution in [0.4, 0.5) is 5.69 Å². The third kappa shape index (κ3) is 4.20. The van der Waals surface area contributed by atoms with Crippen LogP contribution >= 0.6 is 0 Å². The first kappa shape index (κ1) is 21.4. The molecule has 6 rings (SSSR count). The number of aromatic nitrogens is 9. The van der Waals surface area contributed by atoms with Crippen molar-refractivity contribution in [3.05, 3.63) is 85.1 Å². The second kappa shape index (κ2) is 8.87. The second-order valence-corrected chi connectivity index (χ2v) is 8.22. The van der Waals surface area contributed by atoms with Crippen molar-refractivity contribution in [2.75, 3.05) is 5.32 Å². The van der Waals surface area contributed by atoms with Crippen LogP contribution in [0, 0.1) is 6.92 Å². The van der Waals surface area contributed by atoms with Crippen molar-refractivity contribution in [1.82, 2.24) is 44.7 Å². The summed E-state index contributed by atoms with van der Waals surface area (Å²) >= 11 is 0. The molecule has 1 aromatic carbocycles. The number of rotatable bonds is 6. The Morgan fingerprint density at radius 1 is 1.03 bits per heavy atom. The van der Waals surface area contributed by atoms with E-state index in [2.05, 4.69) is 40.4 Å². The highest BCUT2D eigenvalue weighted by Gasteiger charge is 2.14. The molecule has 1 amide bonds. The van der Waals surface area contributed by atoms with Gasteiger partial charge in [0.05, 0.1) is 17.8 Å². The third-order valence-corrected chi connectivity index (χ3v) is 5.62. The highest BCUT2D eigenvalue weighted by atomic mass is 16.1. The summed E-state index contributed by atoms with van der Waals surface area (Å²) in [5.41, 5.74) is 6.13. The molecule has 0 spiro atoms. The van der Waals surface area contributed by atoms with Crippen LogP contribution in [0.1, 0.15) is 11.4 Å². The predicted octanol–water partition coefficient (Wildman–Crippen LogP) is 3.48. The van der Waals surface area contributed by atoms with Gasteiger partial charge in [-0.1, -0.05) is 0 Å². The predicted molar refractivity (Wildman–Crippen MR) is 133 cm³/mol. The molecule has 0 unspecified atom stereocenters. The van der Waals surface area contributed by atoms with Gasteiger partial charge in [0.15, 0.2) is 17.0 Å². The fraction of sp³-hybridized carbons (Fsp3) is 0.0800. The molecule has 0 bridgehead atoms. The molecule has 0 radical (unpaired) electrons. The van der Waals surface area contributed by atoms with Gasteiger partial charge in [-0.3, -0.25) is 19.4 Å². The van der Waals surface area contributed by atoms with Gasteiger partial charge in [0.25, 0.3) is 0 Å². The van der Waals surface area contributed by atoms with E-state index in [9.17, 15) is 4.79 Å². The summed E-state index contributed by atoms with van der Waals surface area (Å²) in [7, 11) is 0. The number of fused-ring (bicyclic) bond motifs is 1. The number of aryl methyl sites for hydroxylation is 1. The first-order valence-electron chi connectivity index (χ1n) is 11.2. The molecule has 6 aromatic rings. The number of nitrogens with one attached hydrogen (secondary N) is 3. The van der Waals surface area contributed by atoms with Crippen molar-refractivity contribution < 1.29 is 4.79 Å². The molecule has 5 aromatic heterocycles. The van der Waals surface area contributed by atoms with E-state index in [1.54, 1.807) is 18.7 Å². The molecule has 36 heavy (non-hydrogen) atoms. The number of amides is 1. The number of anilines is 1. The van der Waals surface area contributed by atoms with E-state index in [4.69, 9.17) is 4.98 Å². The average molecular weight is 477 g/mol. The van der Waals surface area contributed by atoms with Crippen molar-refractivity contribution in [3.8, 4) is 28.5 Å².